The molecule has 326 valence electrons. The molecule has 10 aromatic carbocycles. The van der Waals surface area contributed by atoms with Crippen molar-refractivity contribution in [2.24, 2.45) is 0 Å². The molecule has 4 nitrogen and oxygen atoms in total. The van der Waals surface area contributed by atoms with Gasteiger partial charge in [-0.1, -0.05) is 194 Å². The van der Waals surface area contributed by atoms with Crippen molar-refractivity contribution >= 4 is 37.7 Å². The van der Waals surface area contributed by atoms with E-state index in [1.54, 1.807) is 0 Å². The molecular formula is C64H43BrN4. The summed E-state index contributed by atoms with van der Waals surface area (Å²) >= 11 is 4.00. The van der Waals surface area contributed by atoms with Crippen LogP contribution in [0.5, 0.6) is 0 Å². The van der Waals surface area contributed by atoms with Crippen molar-refractivity contribution in [1.82, 2.24) is 19.5 Å². The summed E-state index contributed by atoms with van der Waals surface area (Å²) in [5.74, 6) is 1.80. The summed E-state index contributed by atoms with van der Waals surface area (Å²) in [5.41, 5.74) is 18.8. The predicted molar refractivity (Wildman–Crippen MR) is 290 cm³/mol. The predicted octanol–water partition coefficient (Wildman–Crippen LogP) is 17.4. The van der Waals surface area contributed by atoms with E-state index in [0.717, 1.165) is 65.8 Å². The first-order valence-electron chi connectivity index (χ1n) is 23.2. The van der Waals surface area contributed by atoms with Gasteiger partial charge in [-0.15, -0.1) is 0 Å². The molecule has 0 fully saturated rings. The Kier molecular flexibility index (Phi) is 10.9. The van der Waals surface area contributed by atoms with Gasteiger partial charge in [0.25, 0.3) is 0 Å². The molecular weight excluding hydrogens is 905 g/mol. The highest BCUT2D eigenvalue weighted by atomic mass is 79.9. The average Bonchev–Trinajstić information content (AvgIpc) is 3.76. The zero-order valence-corrected chi connectivity index (χ0v) is 39.3. The molecule has 0 saturated carbocycles. The first-order valence-corrected chi connectivity index (χ1v) is 24.0. The minimum Gasteiger partial charge on any atom is -0.309 e. The summed E-state index contributed by atoms with van der Waals surface area (Å²) < 4.78 is 3.28. The maximum absolute atomic E-state index is 5.28. The molecule has 12 rings (SSSR count). The third-order valence-corrected chi connectivity index (χ3v) is 13.6. The number of aromatic nitrogens is 4. The van der Waals surface area contributed by atoms with Crippen molar-refractivity contribution in [2.45, 2.75) is 6.92 Å². The first kappa shape index (κ1) is 41.9. The van der Waals surface area contributed by atoms with E-state index in [-0.39, 0.29) is 0 Å². The first-order chi connectivity index (χ1) is 34.0. The van der Waals surface area contributed by atoms with Crippen LogP contribution in [0, 0.1) is 6.92 Å². The van der Waals surface area contributed by atoms with Crippen LogP contribution in [0.4, 0.5) is 0 Å². The number of aryl methyl sites for hydroxylation is 1. The fourth-order valence-electron chi connectivity index (χ4n) is 9.72. The molecule has 0 bridgehead atoms. The van der Waals surface area contributed by atoms with E-state index in [4.69, 9.17) is 15.0 Å². The molecule has 0 atom stereocenters. The van der Waals surface area contributed by atoms with Gasteiger partial charge >= 0.3 is 0 Å². The van der Waals surface area contributed by atoms with Crippen molar-refractivity contribution < 1.29 is 0 Å². The average molecular weight is 948 g/mol. The molecule has 5 heteroatoms. The van der Waals surface area contributed by atoms with E-state index in [0.29, 0.717) is 17.5 Å². The Morgan fingerprint density at radius 1 is 0.333 bits per heavy atom. The Labute approximate surface area is 410 Å². The van der Waals surface area contributed by atoms with Crippen LogP contribution < -0.4 is 0 Å². The third kappa shape index (κ3) is 8.03. The molecule has 0 radical (unpaired) electrons. The van der Waals surface area contributed by atoms with E-state index >= 15 is 0 Å². The number of para-hydroxylation sites is 2. The van der Waals surface area contributed by atoms with Gasteiger partial charge in [0, 0.05) is 37.6 Å². The van der Waals surface area contributed by atoms with Gasteiger partial charge in [0.05, 0.1) is 11.0 Å². The normalized spacial score (nSPS) is 11.3. The molecule has 0 aliphatic heterocycles. The number of nitrogens with zero attached hydrogens (tertiary/aromatic N) is 4. The highest BCUT2D eigenvalue weighted by Crippen LogP contribution is 2.43. The van der Waals surface area contributed by atoms with E-state index in [2.05, 4.69) is 240 Å². The van der Waals surface area contributed by atoms with Crippen molar-refractivity contribution in [3.63, 3.8) is 0 Å². The van der Waals surface area contributed by atoms with E-state index < -0.39 is 0 Å². The Hall–Kier alpha value is -8.51. The van der Waals surface area contributed by atoms with Gasteiger partial charge in [0.2, 0.25) is 0 Å². The van der Waals surface area contributed by atoms with Crippen molar-refractivity contribution in [1.29, 1.82) is 0 Å². The third-order valence-electron chi connectivity index (χ3n) is 12.9. The molecule has 2 aromatic heterocycles. The largest absolute Gasteiger partial charge is 0.309 e. The van der Waals surface area contributed by atoms with E-state index in [9.17, 15) is 0 Å². The number of benzene rings is 10. The zero-order valence-electron chi connectivity index (χ0n) is 37.8. The second kappa shape index (κ2) is 17.9. The molecule has 0 spiro atoms. The van der Waals surface area contributed by atoms with E-state index in [1.165, 1.54) is 44.1 Å². The van der Waals surface area contributed by atoms with Crippen LogP contribution in [0.25, 0.3) is 117 Å². The molecule has 2 heterocycles. The van der Waals surface area contributed by atoms with Crippen LogP contribution in [-0.4, -0.2) is 19.5 Å². The van der Waals surface area contributed by atoms with Gasteiger partial charge in [-0.05, 0) is 133 Å². The number of hydrogen-bond acceptors (Lipinski definition) is 3. The van der Waals surface area contributed by atoms with Crippen molar-refractivity contribution in [2.75, 3.05) is 0 Å². The quantitative estimate of drug-likeness (QED) is 0.145. The van der Waals surface area contributed by atoms with Gasteiger partial charge in [-0.2, -0.15) is 0 Å². The maximum Gasteiger partial charge on any atom is 0.165 e. The highest BCUT2D eigenvalue weighted by molar-refractivity contribution is 9.10. The van der Waals surface area contributed by atoms with E-state index in [1.807, 2.05) is 30.3 Å². The lowest BCUT2D eigenvalue weighted by atomic mass is 9.93. The number of halogens is 1. The maximum atomic E-state index is 5.28. The summed E-state index contributed by atoms with van der Waals surface area (Å²) in [7, 11) is 0. The van der Waals surface area contributed by atoms with Gasteiger partial charge < -0.3 is 4.57 Å². The van der Waals surface area contributed by atoms with Crippen molar-refractivity contribution in [3.05, 3.63) is 253 Å². The van der Waals surface area contributed by atoms with Gasteiger partial charge in [0.1, 0.15) is 0 Å². The molecule has 0 N–H and O–H groups in total. The number of fused-ring (bicyclic) bond motifs is 3. The Morgan fingerprint density at radius 2 is 0.826 bits per heavy atom. The number of hydrogen-bond donors (Lipinski definition) is 0. The molecule has 0 saturated heterocycles. The monoisotopic (exact) mass is 946 g/mol. The lowest BCUT2D eigenvalue weighted by molar-refractivity contribution is 1.07. The molecule has 12 aromatic rings. The summed E-state index contributed by atoms with van der Waals surface area (Å²) in [6, 6.07) is 85.9. The lowest BCUT2D eigenvalue weighted by Gasteiger charge is -2.16. The SMILES string of the molecule is Cc1cc(-c2ccc(-c3cccc(-c4nc(-c5ccccc5)nc(-c5c(Br)cc(-c6ccccc6)cc5-c5ccccc5)n4)c3)cc2)cc(-c2cccc3c2c2ccccc2n3-c2ccccc2)c1. The van der Waals surface area contributed by atoms with Crippen LogP contribution in [0.2, 0.25) is 0 Å². The second-order valence-electron chi connectivity index (χ2n) is 17.4. The molecule has 0 amide bonds. The minimum absolute atomic E-state index is 0.592. The zero-order chi connectivity index (χ0) is 46.3. The van der Waals surface area contributed by atoms with Crippen LogP contribution in [0.15, 0.2) is 247 Å². The molecule has 0 unspecified atom stereocenters. The summed E-state index contributed by atoms with van der Waals surface area (Å²) in [4.78, 5) is 15.6. The Morgan fingerprint density at radius 3 is 1.55 bits per heavy atom. The Bertz CT molecular complexity index is 3830. The molecule has 0 aliphatic carbocycles. The second-order valence-corrected chi connectivity index (χ2v) is 18.3. The fourth-order valence-corrected chi connectivity index (χ4v) is 10.4. The standard InChI is InChI=1S/C64H43BrN4/c1-42-36-50(39-52(37-42)54-29-17-31-59-60(54)55-28-14-15-30-58(55)69(59)53-26-12-5-13-27-53)45-34-32-44(33-35-45)48-24-16-25-49(38-48)63-66-62(47-22-10-4-11-23-47)67-64(68-63)61-56(46-20-8-3-9-21-46)40-51(41-57(61)65)43-18-6-2-7-19-43/h2-41H,1H3. The van der Waals surface area contributed by atoms with Crippen LogP contribution in [-0.2, 0) is 0 Å². The lowest BCUT2D eigenvalue weighted by Crippen LogP contribution is -2.02. The van der Waals surface area contributed by atoms with Gasteiger partial charge in [-0.3, -0.25) is 0 Å². The molecule has 0 aliphatic rings. The fraction of sp³-hybridized carbons (Fsp3) is 0.0156. The summed E-state index contributed by atoms with van der Waals surface area (Å²) in [6.45, 7) is 2.19. The van der Waals surface area contributed by atoms with Crippen LogP contribution in [0.1, 0.15) is 5.56 Å². The van der Waals surface area contributed by atoms with Crippen LogP contribution in [0.3, 0.4) is 0 Å². The summed E-state index contributed by atoms with van der Waals surface area (Å²) in [6.07, 6.45) is 0. The summed E-state index contributed by atoms with van der Waals surface area (Å²) in [5, 5.41) is 2.50. The molecule has 69 heavy (non-hydrogen) atoms. The van der Waals surface area contributed by atoms with Crippen LogP contribution >= 0.6 is 15.9 Å². The topological polar surface area (TPSA) is 43.6 Å². The highest BCUT2D eigenvalue weighted by Gasteiger charge is 2.21. The minimum atomic E-state index is 0.592. The van der Waals surface area contributed by atoms with Crippen molar-refractivity contribution in [3.8, 4) is 95.5 Å². The smallest absolute Gasteiger partial charge is 0.165 e. The van der Waals surface area contributed by atoms with Gasteiger partial charge in [-0.25, -0.2) is 15.0 Å². The number of rotatable bonds is 9. The Balaban J connectivity index is 0.920. The van der Waals surface area contributed by atoms with Gasteiger partial charge in [0.15, 0.2) is 17.5 Å².